The molecule has 1 atom stereocenters. The second-order valence-corrected chi connectivity index (χ2v) is 5.99. The highest BCUT2D eigenvalue weighted by molar-refractivity contribution is 6.34. The van der Waals surface area contributed by atoms with Gasteiger partial charge >= 0.3 is 0 Å². The summed E-state index contributed by atoms with van der Waals surface area (Å²) in [4.78, 5) is 16.9. The van der Waals surface area contributed by atoms with Crippen LogP contribution in [0.3, 0.4) is 0 Å². The van der Waals surface area contributed by atoms with Crippen LogP contribution in [0.4, 0.5) is 5.69 Å². The minimum absolute atomic E-state index is 0. The van der Waals surface area contributed by atoms with Crippen molar-refractivity contribution in [1.82, 2.24) is 9.80 Å². The van der Waals surface area contributed by atoms with Crippen molar-refractivity contribution in [3.63, 3.8) is 0 Å². The molecule has 0 aromatic heterocycles. The number of halogens is 3. The minimum atomic E-state index is -0.00393. The molecule has 130 valence electrons. The van der Waals surface area contributed by atoms with Crippen LogP contribution in [0.25, 0.3) is 0 Å². The van der Waals surface area contributed by atoms with E-state index in [9.17, 15) is 4.79 Å². The summed E-state index contributed by atoms with van der Waals surface area (Å²) >= 11 is 6.13. The second-order valence-electron chi connectivity index (χ2n) is 5.58. The first kappa shape index (κ1) is 20.3. The predicted octanol–water partition coefficient (Wildman–Crippen LogP) is 2.31. The van der Waals surface area contributed by atoms with Gasteiger partial charge in [-0.25, -0.2) is 0 Å². The van der Waals surface area contributed by atoms with E-state index in [1.165, 1.54) is 0 Å². The fourth-order valence-electron chi connectivity index (χ4n) is 3.04. The maximum Gasteiger partial charge on any atom is 0.255 e. The van der Waals surface area contributed by atoms with E-state index < -0.39 is 0 Å². The predicted molar refractivity (Wildman–Crippen MR) is 97.1 cm³/mol. The zero-order valence-electron chi connectivity index (χ0n) is 12.7. The van der Waals surface area contributed by atoms with Gasteiger partial charge in [-0.2, -0.15) is 0 Å². The minimum Gasteiger partial charge on any atom is -0.399 e. The van der Waals surface area contributed by atoms with Crippen LogP contribution in [0.15, 0.2) is 18.2 Å². The number of rotatable bonds is 2. The molecule has 0 aliphatic carbocycles. The molecule has 5 nitrogen and oxygen atoms in total. The lowest BCUT2D eigenvalue weighted by molar-refractivity contribution is 0.0185. The van der Waals surface area contributed by atoms with Gasteiger partial charge in [0.15, 0.2) is 0 Å². The molecule has 2 heterocycles. The maximum atomic E-state index is 12.6. The van der Waals surface area contributed by atoms with E-state index in [0.29, 0.717) is 22.3 Å². The molecule has 1 aromatic carbocycles. The molecule has 8 heteroatoms. The number of carbonyl (C=O) groups is 1. The maximum absolute atomic E-state index is 12.6. The van der Waals surface area contributed by atoms with Crippen LogP contribution in [0.5, 0.6) is 0 Å². The van der Waals surface area contributed by atoms with Gasteiger partial charge in [-0.1, -0.05) is 11.6 Å². The van der Waals surface area contributed by atoms with E-state index in [-0.39, 0.29) is 30.7 Å². The molecule has 1 aromatic rings. The third-order valence-electron chi connectivity index (χ3n) is 4.24. The summed E-state index contributed by atoms with van der Waals surface area (Å²) in [6.45, 7) is 5.02. The Morgan fingerprint density at radius 2 is 1.91 bits per heavy atom. The fourth-order valence-corrected chi connectivity index (χ4v) is 3.31. The molecule has 1 amide bonds. The highest BCUT2D eigenvalue weighted by atomic mass is 35.5. The molecule has 0 spiro atoms. The lowest BCUT2D eigenvalue weighted by Crippen LogP contribution is -2.45. The van der Waals surface area contributed by atoms with E-state index in [0.717, 1.165) is 45.8 Å². The van der Waals surface area contributed by atoms with Crippen molar-refractivity contribution in [1.29, 1.82) is 0 Å². The summed E-state index contributed by atoms with van der Waals surface area (Å²) in [6.07, 6.45) is 1.01. The number of anilines is 1. The van der Waals surface area contributed by atoms with E-state index >= 15 is 0 Å². The monoisotopic (exact) mass is 381 g/mol. The Hall–Kier alpha value is -0.720. The van der Waals surface area contributed by atoms with E-state index in [1.54, 1.807) is 18.2 Å². The lowest BCUT2D eigenvalue weighted by Gasteiger charge is -2.32. The van der Waals surface area contributed by atoms with Gasteiger partial charge in [-0.05, 0) is 24.6 Å². The highest BCUT2D eigenvalue weighted by Crippen LogP contribution is 2.24. The molecule has 2 aliphatic rings. The largest absolute Gasteiger partial charge is 0.399 e. The average molecular weight is 383 g/mol. The number of ether oxygens (including phenoxy) is 1. The van der Waals surface area contributed by atoms with E-state index in [2.05, 4.69) is 4.90 Å². The van der Waals surface area contributed by atoms with Crippen LogP contribution in [0.1, 0.15) is 16.8 Å². The third kappa shape index (κ3) is 4.64. The molecule has 2 aliphatic heterocycles. The van der Waals surface area contributed by atoms with Crippen LogP contribution in [-0.4, -0.2) is 61.1 Å². The molecule has 3 rings (SSSR count). The Labute approximate surface area is 153 Å². The molecular weight excluding hydrogens is 361 g/mol. The van der Waals surface area contributed by atoms with E-state index in [1.807, 2.05) is 4.90 Å². The van der Waals surface area contributed by atoms with Gasteiger partial charge in [-0.3, -0.25) is 9.69 Å². The first-order valence-electron chi connectivity index (χ1n) is 7.31. The Balaban J connectivity index is 0.00000132. The number of hydrogen-bond acceptors (Lipinski definition) is 4. The Kier molecular flexibility index (Phi) is 7.90. The molecule has 0 radical (unpaired) electrons. The molecule has 23 heavy (non-hydrogen) atoms. The second kappa shape index (κ2) is 8.94. The van der Waals surface area contributed by atoms with Crippen molar-refractivity contribution >= 4 is 48.0 Å². The van der Waals surface area contributed by atoms with Crippen molar-refractivity contribution in [3.05, 3.63) is 28.8 Å². The molecule has 2 N–H and O–H groups in total. The fraction of sp³-hybridized carbons (Fsp3) is 0.533. The van der Waals surface area contributed by atoms with Crippen LogP contribution in [-0.2, 0) is 4.74 Å². The number of nitrogens with two attached hydrogens (primary N) is 1. The summed E-state index contributed by atoms with van der Waals surface area (Å²) in [5, 5.41) is 0.426. The van der Waals surface area contributed by atoms with E-state index in [4.69, 9.17) is 22.1 Å². The van der Waals surface area contributed by atoms with Gasteiger partial charge in [0.25, 0.3) is 5.91 Å². The van der Waals surface area contributed by atoms with Crippen LogP contribution in [0, 0.1) is 0 Å². The van der Waals surface area contributed by atoms with Gasteiger partial charge in [0.2, 0.25) is 0 Å². The Morgan fingerprint density at radius 3 is 2.57 bits per heavy atom. The summed E-state index contributed by atoms with van der Waals surface area (Å²) in [5.74, 6) is -0.00393. The van der Waals surface area contributed by atoms with Crippen molar-refractivity contribution in [2.75, 3.05) is 45.1 Å². The first-order valence-corrected chi connectivity index (χ1v) is 7.69. The van der Waals surface area contributed by atoms with Gasteiger partial charge in [-0.15, -0.1) is 24.8 Å². The Morgan fingerprint density at radius 1 is 1.22 bits per heavy atom. The van der Waals surface area contributed by atoms with Gasteiger partial charge in [0, 0.05) is 37.9 Å². The van der Waals surface area contributed by atoms with Gasteiger partial charge in [0.1, 0.15) is 0 Å². The van der Waals surface area contributed by atoms with Crippen molar-refractivity contribution in [2.24, 2.45) is 0 Å². The number of likely N-dealkylation sites (tertiary alicyclic amines) is 1. The summed E-state index contributed by atoms with van der Waals surface area (Å²) in [6, 6.07) is 5.49. The number of benzene rings is 1. The van der Waals surface area contributed by atoms with Crippen molar-refractivity contribution in [2.45, 2.75) is 12.5 Å². The molecule has 2 fully saturated rings. The van der Waals surface area contributed by atoms with Crippen molar-refractivity contribution in [3.8, 4) is 0 Å². The summed E-state index contributed by atoms with van der Waals surface area (Å²) in [7, 11) is 0. The number of nitrogens with zero attached hydrogens (tertiary/aromatic N) is 2. The quantitative estimate of drug-likeness (QED) is 0.798. The lowest BCUT2D eigenvalue weighted by atomic mass is 10.2. The zero-order chi connectivity index (χ0) is 14.8. The number of hydrogen-bond donors (Lipinski definition) is 1. The standard InChI is InChI=1S/C15H20ClN3O2.2ClH/c16-14-9-11(17)1-2-13(14)15(20)19-4-3-12(10-19)18-5-7-21-8-6-18;;/h1-2,9,12H,3-8,10,17H2;2*1H. The normalized spacial score (nSPS) is 21.4. The molecular formula is C15H22Cl3N3O2. The Bertz CT molecular complexity index is 539. The van der Waals surface area contributed by atoms with Crippen LogP contribution >= 0.6 is 36.4 Å². The van der Waals surface area contributed by atoms with Gasteiger partial charge < -0.3 is 15.4 Å². The van der Waals surface area contributed by atoms with Crippen LogP contribution in [0.2, 0.25) is 5.02 Å². The summed E-state index contributed by atoms with van der Waals surface area (Å²) in [5.41, 5.74) is 6.78. The topological polar surface area (TPSA) is 58.8 Å². The number of carbonyl (C=O) groups excluding carboxylic acids is 1. The highest BCUT2D eigenvalue weighted by Gasteiger charge is 2.32. The number of amides is 1. The van der Waals surface area contributed by atoms with Crippen molar-refractivity contribution < 1.29 is 9.53 Å². The molecule has 0 bridgehead atoms. The zero-order valence-corrected chi connectivity index (χ0v) is 15.1. The smallest absolute Gasteiger partial charge is 0.255 e. The van der Waals surface area contributed by atoms with Crippen LogP contribution < -0.4 is 5.73 Å². The number of morpholine rings is 1. The average Bonchev–Trinajstić information content (AvgIpc) is 2.97. The summed E-state index contributed by atoms with van der Waals surface area (Å²) < 4.78 is 5.38. The molecule has 0 saturated carbocycles. The number of nitrogen functional groups attached to an aromatic ring is 1. The molecule has 2 saturated heterocycles. The first-order chi connectivity index (χ1) is 10.1. The SMILES string of the molecule is Cl.Cl.Nc1ccc(C(=O)N2CCC(N3CCOCC3)C2)c(Cl)c1. The molecule has 1 unspecified atom stereocenters. The third-order valence-corrected chi connectivity index (χ3v) is 4.55. The van der Waals surface area contributed by atoms with Gasteiger partial charge in [0.05, 0.1) is 23.8 Å².